The highest BCUT2D eigenvalue weighted by Crippen LogP contribution is 2.44. The second-order valence-corrected chi connectivity index (χ2v) is 9.96. The van der Waals surface area contributed by atoms with Crippen LogP contribution in [0.15, 0.2) is 70.3 Å². The fourth-order valence-electron chi connectivity index (χ4n) is 4.20. The lowest BCUT2D eigenvalue weighted by Gasteiger charge is -2.24. The van der Waals surface area contributed by atoms with Crippen molar-refractivity contribution in [3.05, 3.63) is 93.4 Å². The second kappa shape index (κ2) is 8.25. The van der Waals surface area contributed by atoms with Crippen LogP contribution in [0.3, 0.4) is 0 Å². The molecular formula is C27H24N2O4S. The van der Waals surface area contributed by atoms with E-state index in [0.717, 1.165) is 21.5 Å². The van der Waals surface area contributed by atoms with Crippen LogP contribution in [-0.4, -0.2) is 21.8 Å². The number of aromatic nitrogens is 1. The van der Waals surface area contributed by atoms with Crippen LogP contribution in [0.25, 0.3) is 11.0 Å². The lowest BCUT2D eigenvalue weighted by molar-refractivity contribution is -0.117. The summed E-state index contributed by atoms with van der Waals surface area (Å²) in [6.07, 6.45) is 0. The zero-order valence-corrected chi connectivity index (χ0v) is 20.1. The maximum atomic E-state index is 13.7. The van der Waals surface area contributed by atoms with Crippen molar-refractivity contribution < 1.29 is 19.1 Å². The molecule has 6 nitrogen and oxygen atoms in total. The number of Topliss-reactive ketones (excluding diaryl/α,β-unsaturated/α-hetero) is 1. The van der Waals surface area contributed by atoms with Gasteiger partial charge in [-0.1, -0.05) is 56.3 Å². The summed E-state index contributed by atoms with van der Waals surface area (Å²) in [4.78, 5) is 33.9. The maximum Gasteiger partial charge on any atom is 0.296 e. The van der Waals surface area contributed by atoms with E-state index in [0.29, 0.717) is 22.2 Å². The number of hydrogen-bond donors (Lipinski definition) is 1. The predicted octanol–water partition coefficient (Wildman–Crippen LogP) is 6.41. The fourth-order valence-corrected chi connectivity index (χ4v) is 5.13. The van der Waals surface area contributed by atoms with Gasteiger partial charge in [0, 0.05) is 10.3 Å². The van der Waals surface area contributed by atoms with Gasteiger partial charge >= 0.3 is 0 Å². The Hall–Kier alpha value is -3.71. The average Bonchev–Trinajstić information content (AvgIpc) is 3.48. The number of nitrogens with zero attached hydrogens (tertiary/aromatic N) is 2. The summed E-state index contributed by atoms with van der Waals surface area (Å²) in [5, 5.41) is 12.2. The predicted molar refractivity (Wildman–Crippen MR) is 133 cm³/mol. The number of anilines is 1. The third kappa shape index (κ3) is 3.53. The third-order valence-electron chi connectivity index (χ3n) is 6.24. The summed E-state index contributed by atoms with van der Waals surface area (Å²) < 4.78 is 5.79. The van der Waals surface area contributed by atoms with Crippen LogP contribution >= 0.6 is 11.3 Å². The van der Waals surface area contributed by atoms with E-state index in [1.807, 2.05) is 56.3 Å². The molecule has 34 heavy (non-hydrogen) atoms. The molecule has 0 spiro atoms. The number of furan rings is 1. The molecule has 1 aliphatic heterocycles. The van der Waals surface area contributed by atoms with Gasteiger partial charge in [-0.15, -0.1) is 11.3 Å². The van der Waals surface area contributed by atoms with E-state index in [4.69, 9.17) is 4.42 Å². The minimum atomic E-state index is -0.820. The van der Waals surface area contributed by atoms with Crippen molar-refractivity contribution >= 4 is 39.1 Å². The van der Waals surface area contributed by atoms with Crippen molar-refractivity contribution in [2.24, 2.45) is 0 Å². The number of benzene rings is 2. The third-order valence-corrected chi connectivity index (χ3v) is 7.32. The quantitative estimate of drug-likeness (QED) is 0.339. The number of para-hydroxylation sites is 1. The Balaban J connectivity index is 1.65. The van der Waals surface area contributed by atoms with Gasteiger partial charge in [-0.05, 0) is 43.0 Å². The van der Waals surface area contributed by atoms with Gasteiger partial charge in [0.05, 0.1) is 17.3 Å². The van der Waals surface area contributed by atoms with Gasteiger partial charge in [-0.3, -0.25) is 14.5 Å². The molecule has 2 aromatic heterocycles. The SMILES string of the molecule is Cc1nc(N2C(=O)C(O)=C(C(=O)c3cc4ccccc4o3)C2c2ccc(C(C)C)cc2)sc1C. The Kier molecular flexibility index (Phi) is 5.37. The van der Waals surface area contributed by atoms with E-state index < -0.39 is 23.5 Å². The standard InChI is InChI=1S/C27H24N2O4S/c1-14(2)17-9-11-18(12-10-17)23-22(24(30)21-13-19-7-5-6-8-20(19)33-21)25(31)26(32)29(23)27-28-15(3)16(4)34-27/h5-14,23,31H,1-4H3. The van der Waals surface area contributed by atoms with Gasteiger partial charge in [0.2, 0.25) is 5.78 Å². The maximum absolute atomic E-state index is 13.7. The number of thiazole rings is 1. The minimum Gasteiger partial charge on any atom is -0.503 e. The number of ketones is 1. The van der Waals surface area contributed by atoms with Crippen molar-refractivity contribution in [1.82, 2.24) is 4.98 Å². The van der Waals surface area contributed by atoms with Crippen LogP contribution in [0.4, 0.5) is 5.13 Å². The van der Waals surface area contributed by atoms with E-state index >= 15 is 0 Å². The Labute approximate surface area is 201 Å². The number of hydrogen-bond acceptors (Lipinski definition) is 6. The molecule has 172 valence electrons. The molecule has 0 radical (unpaired) electrons. The van der Waals surface area contributed by atoms with Crippen LogP contribution in [0, 0.1) is 13.8 Å². The normalized spacial score (nSPS) is 16.3. The van der Waals surface area contributed by atoms with Gasteiger partial charge in [0.25, 0.3) is 5.91 Å². The molecule has 7 heteroatoms. The van der Waals surface area contributed by atoms with Crippen molar-refractivity contribution in [3.63, 3.8) is 0 Å². The van der Waals surface area contributed by atoms with Crippen LogP contribution < -0.4 is 4.90 Å². The van der Waals surface area contributed by atoms with E-state index in [-0.39, 0.29) is 11.3 Å². The van der Waals surface area contributed by atoms with Crippen LogP contribution in [-0.2, 0) is 4.79 Å². The van der Waals surface area contributed by atoms with Crippen LogP contribution in [0.5, 0.6) is 0 Å². The zero-order valence-electron chi connectivity index (χ0n) is 19.3. The number of carbonyl (C=O) groups is 2. The highest BCUT2D eigenvalue weighted by molar-refractivity contribution is 7.15. The van der Waals surface area contributed by atoms with Crippen LogP contribution in [0.2, 0.25) is 0 Å². The molecule has 0 fully saturated rings. The monoisotopic (exact) mass is 472 g/mol. The van der Waals surface area contributed by atoms with Crippen molar-refractivity contribution in [2.75, 3.05) is 4.90 Å². The number of fused-ring (bicyclic) bond motifs is 1. The number of aliphatic hydroxyl groups is 1. The molecule has 0 saturated heterocycles. The molecule has 0 saturated carbocycles. The second-order valence-electron chi connectivity index (χ2n) is 8.78. The fraction of sp³-hybridized carbons (Fsp3) is 0.222. The topological polar surface area (TPSA) is 83.6 Å². The molecule has 1 unspecified atom stereocenters. The first-order valence-electron chi connectivity index (χ1n) is 11.1. The van der Waals surface area contributed by atoms with Crippen LogP contribution in [0.1, 0.15) is 58.1 Å². The number of carbonyl (C=O) groups excluding carboxylic acids is 2. The summed E-state index contributed by atoms with van der Waals surface area (Å²) in [6, 6.07) is 15.9. The number of amides is 1. The number of aryl methyl sites for hydroxylation is 2. The number of rotatable bonds is 5. The highest BCUT2D eigenvalue weighted by Gasteiger charge is 2.46. The molecule has 3 heterocycles. The van der Waals surface area contributed by atoms with E-state index in [2.05, 4.69) is 18.8 Å². The van der Waals surface area contributed by atoms with Gasteiger partial charge in [-0.2, -0.15) is 0 Å². The molecular weight excluding hydrogens is 448 g/mol. The van der Waals surface area contributed by atoms with Gasteiger partial charge < -0.3 is 9.52 Å². The van der Waals surface area contributed by atoms with Gasteiger partial charge in [0.15, 0.2) is 16.7 Å². The Morgan fingerprint density at radius 1 is 1.12 bits per heavy atom. The molecule has 5 rings (SSSR count). The summed E-state index contributed by atoms with van der Waals surface area (Å²) in [6.45, 7) is 8.00. The lowest BCUT2D eigenvalue weighted by Crippen LogP contribution is -2.31. The van der Waals surface area contributed by atoms with E-state index in [1.54, 1.807) is 12.1 Å². The minimum absolute atomic E-state index is 0.00754. The molecule has 1 atom stereocenters. The van der Waals surface area contributed by atoms with Gasteiger partial charge in [0.1, 0.15) is 5.58 Å². The number of aliphatic hydroxyl groups excluding tert-OH is 1. The molecule has 2 aromatic carbocycles. The zero-order chi connectivity index (χ0) is 24.1. The molecule has 1 amide bonds. The first-order valence-corrected chi connectivity index (χ1v) is 11.9. The Morgan fingerprint density at radius 3 is 2.44 bits per heavy atom. The first kappa shape index (κ1) is 22.1. The Morgan fingerprint density at radius 2 is 1.82 bits per heavy atom. The summed E-state index contributed by atoms with van der Waals surface area (Å²) in [5.41, 5.74) is 3.21. The molecule has 0 aliphatic carbocycles. The summed E-state index contributed by atoms with van der Waals surface area (Å²) in [7, 11) is 0. The molecule has 1 aliphatic rings. The first-order chi connectivity index (χ1) is 16.3. The van der Waals surface area contributed by atoms with E-state index in [9.17, 15) is 14.7 Å². The van der Waals surface area contributed by atoms with Crippen molar-refractivity contribution in [3.8, 4) is 0 Å². The highest BCUT2D eigenvalue weighted by atomic mass is 32.1. The summed E-state index contributed by atoms with van der Waals surface area (Å²) in [5.74, 6) is -1.33. The molecule has 4 aromatic rings. The molecule has 1 N–H and O–H groups in total. The van der Waals surface area contributed by atoms with Crippen molar-refractivity contribution in [2.45, 2.75) is 39.7 Å². The largest absolute Gasteiger partial charge is 0.503 e. The molecule has 0 bridgehead atoms. The average molecular weight is 473 g/mol. The van der Waals surface area contributed by atoms with E-state index in [1.165, 1.54) is 16.2 Å². The summed E-state index contributed by atoms with van der Waals surface area (Å²) >= 11 is 1.36. The van der Waals surface area contributed by atoms with Gasteiger partial charge in [-0.25, -0.2) is 4.98 Å². The van der Waals surface area contributed by atoms with Crippen molar-refractivity contribution in [1.29, 1.82) is 0 Å². The Bertz CT molecular complexity index is 1410. The lowest BCUT2D eigenvalue weighted by atomic mass is 9.93. The smallest absolute Gasteiger partial charge is 0.296 e.